The van der Waals surface area contributed by atoms with Gasteiger partial charge in [-0.2, -0.15) is 17.9 Å². The molecule has 82 valence electrons. The highest BCUT2D eigenvalue weighted by molar-refractivity contribution is 7.80. The molecule has 0 aromatic heterocycles. The summed E-state index contributed by atoms with van der Waals surface area (Å²) in [6.07, 6.45) is 1.79. The summed E-state index contributed by atoms with van der Waals surface area (Å²) in [5, 5.41) is 8.55. The Labute approximate surface area is 93.7 Å². The largest absolute Gasteiger partial charge is 0.300 e. The van der Waals surface area contributed by atoms with Crippen LogP contribution in [0.5, 0.6) is 0 Å². The predicted octanol–water partition coefficient (Wildman–Crippen LogP) is 2.57. The molecular formula is C11H22N2S. The van der Waals surface area contributed by atoms with E-state index < -0.39 is 0 Å². The van der Waals surface area contributed by atoms with Gasteiger partial charge in [-0.15, -0.1) is 0 Å². The standard InChI is InChI=1S/C11H22N2S/c1-4-11(9-14)8-13(10(2)3)7-5-6-12/h10-11,14H,4-5,7-9H2,1-3H3. The summed E-state index contributed by atoms with van der Waals surface area (Å²) in [5.74, 6) is 1.59. The van der Waals surface area contributed by atoms with Gasteiger partial charge in [0.2, 0.25) is 0 Å². The van der Waals surface area contributed by atoms with Crippen LogP contribution in [0.2, 0.25) is 0 Å². The van der Waals surface area contributed by atoms with Crippen molar-refractivity contribution in [1.82, 2.24) is 4.90 Å². The molecule has 0 heterocycles. The molecule has 0 spiro atoms. The van der Waals surface area contributed by atoms with Crippen molar-refractivity contribution in [3.05, 3.63) is 0 Å². The van der Waals surface area contributed by atoms with Crippen LogP contribution in [0, 0.1) is 17.2 Å². The molecule has 0 aliphatic carbocycles. The zero-order valence-corrected chi connectivity index (χ0v) is 10.4. The van der Waals surface area contributed by atoms with E-state index in [0.29, 0.717) is 18.4 Å². The second kappa shape index (κ2) is 8.14. The molecule has 0 saturated heterocycles. The Bertz CT molecular complexity index is 171. The van der Waals surface area contributed by atoms with Gasteiger partial charge in [0.1, 0.15) is 0 Å². The van der Waals surface area contributed by atoms with E-state index in [-0.39, 0.29) is 0 Å². The molecule has 0 bridgehead atoms. The van der Waals surface area contributed by atoms with Crippen molar-refractivity contribution >= 4 is 12.6 Å². The number of rotatable bonds is 7. The van der Waals surface area contributed by atoms with Crippen molar-refractivity contribution in [1.29, 1.82) is 5.26 Å². The molecule has 0 fully saturated rings. The van der Waals surface area contributed by atoms with Gasteiger partial charge in [0.05, 0.1) is 6.07 Å². The van der Waals surface area contributed by atoms with Crippen molar-refractivity contribution in [2.45, 2.75) is 39.7 Å². The summed E-state index contributed by atoms with van der Waals surface area (Å²) < 4.78 is 0. The Balaban J connectivity index is 4.01. The molecule has 14 heavy (non-hydrogen) atoms. The molecule has 0 aromatic carbocycles. The lowest BCUT2D eigenvalue weighted by Gasteiger charge is -2.29. The lowest BCUT2D eigenvalue weighted by atomic mass is 10.1. The second-order valence-electron chi connectivity index (χ2n) is 3.95. The van der Waals surface area contributed by atoms with Crippen LogP contribution < -0.4 is 0 Å². The summed E-state index contributed by atoms with van der Waals surface area (Å²) in [6.45, 7) is 8.52. The first kappa shape index (κ1) is 13.8. The molecule has 0 N–H and O–H groups in total. The topological polar surface area (TPSA) is 27.0 Å². The third kappa shape index (κ3) is 5.51. The molecule has 1 unspecified atom stereocenters. The fourth-order valence-electron chi connectivity index (χ4n) is 1.40. The summed E-state index contributed by atoms with van der Waals surface area (Å²) in [6, 6.07) is 2.73. The zero-order valence-electron chi connectivity index (χ0n) is 9.53. The third-order valence-corrected chi connectivity index (χ3v) is 3.09. The first-order valence-electron chi connectivity index (χ1n) is 5.37. The predicted molar refractivity (Wildman–Crippen MR) is 64.6 cm³/mol. The van der Waals surface area contributed by atoms with Crippen molar-refractivity contribution in [3.8, 4) is 6.07 Å². The molecule has 0 aromatic rings. The molecule has 0 amide bonds. The molecule has 2 nitrogen and oxygen atoms in total. The van der Waals surface area contributed by atoms with Gasteiger partial charge >= 0.3 is 0 Å². The monoisotopic (exact) mass is 214 g/mol. The lowest BCUT2D eigenvalue weighted by Crippen LogP contribution is -2.36. The van der Waals surface area contributed by atoms with Crippen LogP contribution in [0.4, 0.5) is 0 Å². The normalized spacial score (nSPS) is 13.2. The van der Waals surface area contributed by atoms with E-state index in [0.717, 1.165) is 18.8 Å². The minimum atomic E-state index is 0.525. The van der Waals surface area contributed by atoms with Gasteiger partial charge in [0.25, 0.3) is 0 Å². The molecule has 3 heteroatoms. The quantitative estimate of drug-likeness (QED) is 0.659. The number of hydrogen-bond donors (Lipinski definition) is 1. The molecule has 0 aliphatic rings. The molecule has 1 atom stereocenters. The van der Waals surface area contributed by atoms with E-state index in [9.17, 15) is 0 Å². The van der Waals surface area contributed by atoms with Crippen LogP contribution >= 0.6 is 12.6 Å². The maximum absolute atomic E-state index is 8.55. The molecule has 0 rings (SSSR count). The molecule has 0 saturated carbocycles. The fraction of sp³-hybridized carbons (Fsp3) is 0.909. The summed E-state index contributed by atoms with van der Waals surface area (Å²) in [5.41, 5.74) is 0. The average molecular weight is 214 g/mol. The molecular weight excluding hydrogens is 192 g/mol. The highest BCUT2D eigenvalue weighted by Crippen LogP contribution is 2.10. The van der Waals surface area contributed by atoms with E-state index >= 15 is 0 Å². The maximum atomic E-state index is 8.55. The third-order valence-electron chi connectivity index (χ3n) is 2.57. The smallest absolute Gasteiger partial charge is 0.0635 e. The molecule has 0 radical (unpaired) electrons. The van der Waals surface area contributed by atoms with E-state index in [1.165, 1.54) is 6.42 Å². The van der Waals surface area contributed by atoms with Crippen LogP contribution in [-0.2, 0) is 0 Å². The second-order valence-corrected chi connectivity index (χ2v) is 4.32. The van der Waals surface area contributed by atoms with Crippen LogP contribution in [0.1, 0.15) is 33.6 Å². The minimum Gasteiger partial charge on any atom is -0.300 e. The van der Waals surface area contributed by atoms with Gasteiger partial charge in [0, 0.05) is 25.6 Å². The lowest BCUT2D eigenvalue weighted by molar-refractivity contribution is 0.196. The SMILES string of the molecule is CCC(CS)CN(CCC#N)C(C)C. The van der Waals surface area contributed by atoms with E-state index in [1.807, 2.05) is 0 Å². The summed E-state index contributed by atoms with van der Waals surface area (Å²) >= 11 is 4.34. The van der Waals surface area contributed by atoms with Crippen LogP contribution in [0.25, 0.3) is 0 Å². The number of nitrogens with zero attached hydrogens (tertiary/aromatic N) is 2. The Kier molecular flexibility index (Phi) is 8.02. The molecule has 0 aliphatic heterocycles. The highest BCUT2D eigenvalue weighted by atomic mass is 32.1. The fourth-order valence-corrected chi connectivity index (χ4v) is 1.78. The highest BCUT2D eigenvalue weighted by Gasteiger charge is 2.13. The maximum Gasteiger partial charge on any atom is 0.0635 e. The van der Waals surface area contributed by atoms with Crippen molar-refractivity contribution in [2.24, 2.45) is 5.92 Å². The first-order valence-corrected chi connectivity index (χ1v) is 6.00. The van der Waals surface area contributed by atoms with Crippen molar-refractivity contribution in [2.75, 3.05) is 18.8 Å². The first-order chi connectivity index (χ1) is 6.65. The summed E-state index contributed by atoms with van der Waals surface area (Å²) in [7, 11) is 0. The van der Waals surface area contributed by atoms with Crippen molar-refractivity contribution < 1.29 is 0 Å². The minimum absolute atomic E-state index is 0.525. The Morgan fingerprint density at radius 1 is 1.43 bits per heavy atom. The number of hydrogen-bond acceptors (Lipinski definition) is 3. The zero-order chi connectivity index (χ0) is 11.0. The summed E-state index contributed by atoms with van der Waals surface area (Å²) in [4.78, 5) is 2.37. The van der Waals surface area contributed by atoms with E-state index in [2.05, 4.69) is 44.4 Å². The van der Waals surface area contributed by atoms with Gasteiger partial charge < -0.3 is 0 Å². The van der Waals surface area contributed by atoms with Crippen LogP contribution in [-0.4, -0.2) is 29.8 Å². The van der Waals surface area contributed by atoms with Crippen LogP contribution in [0.3, 0.4) is 0 Å². The van der Waals surface area contributed by atoms with Gasteiger partial charge in [-0.05, 0) is 25.5 Å². The Hall–Kier alpha value is -0.200. The van der Waals surface area contributed by atoms with Gasteiger partial charge in [-0.3, -0.25) is 4.90 Å². The van der Waals surface area contributed by atoms with Crippen LogP contribution in [0.15, 0.2) is 0 Å². The average Bonchev–Trinajstić information content (AvgIpc) is 2.18. The Morgan fingerprint density at radius 2 is 2.07 bits per heavy atom. The van der Waals surface area contributed by atoms with Gasteiger partial charge in [-0.25, -0.2) is 0 Å². The van der Waals surface area contributed by atoms with Gasteiger partial charge in [0.15, 0.2) is 0 Å². The van der Waals surface area contributed by atoms with E-state index in [4.69, 9.17) is 5.26 Å². The van der Waals surface area contributed by atoms with Gasteiger partial charge in [-0.1, -0.05) is 13.3 Å². The number of thiol groups is 1. The number of nitriles is 1. The van der Waals surface area contributed by atoms with Crippen molar-refractivity contribution in [3.63, 3.8) is 0 Å². The Morgan fingerprint density at radius 3 is 2.43 bits per heavy atom. The van der Waals surface area contributed by atoms with E-state index in [1.54, 1.807) is 0 Å².